The summed E-state index contributed by atoms with van der Waals surface area (Å²) in [4.78, 5) is 18.4. The van der Waals surface area contributed by atoms with Gasteiger partial charge in [0.1, 0.15) is 35.1 Å². The van der Waals surface area contributed by atoms with Gasteiger partial charge in [0.25, 0.3) is 12.3 Å². The Morgan fingerprint density at radius 1 is 1.04 bits per heavy atom. The largest absolute Gasteiger partial charge is 0.379 e. The lowest BCUT2D eigenvalue weighted by Crippen LogP contribution is -2.40. The van der Waals surface area contributed by atoms with Crippen molar-refractivity contribution in [1.82, 2.24) is 34.6 Å². The van der Waals surface area contributed by atoms with Gasteiger partial charge in [0.2, 0.25) is 15.9 Å². The zero-order valence-corrected chi connectivity index (χ0v) is 27.8. The van der Waals surface area contributed by atoms with Gasteiger partial charge < -0.3 is 10.1 Å². The summed E-state index contributed by atoms with van der Waals surface area (Å²) in [5.41, 5.74) is 0.205. The third-order valence-electron chi connectivity index (χ3n) is 9.71. The minimum Gasteiger partial charge on any atom is -0.379 e. The first kappa shape index (κ1) is 34.3. The SMILES string of the molecule is O=C(Cn1nc(C(F)F)c2c1C(F)(F)[C@@H]1C[C@H]21)N[C@@H](Cc1cc(F)cc(F)c1)c1nc2cn[nH]c2cc1-c1ccc(S(=O)(=O)N2CCOCC2)cc1. The molecule has 1 amide bonds. The standard InChI is InChI=1S/C34H29F6N7O4S/c35-19-9-17(10-20(36)12-19)11-26(42-28(48)16-47-32-29(31(45-47)33(37)38)23-13-24(23)34(32,39)40)30-22(14-25-27(43-30)15-41-44-25)18-1-3-21(4-2-18)52(49,50)46-5-7-51-8-6-46/h1-4,9-10,12,14-15,23-24,26,33H,5-8,11,13,16H2,(H,41,44)(H,42,48)/t23-,24+,26-/m0/s1. The van der Waals surface area contributed by atoms with E-state index >= 15 is 8.78 Å². The summed E-state index contributed by atoms with van der Waals surface area (Å²) in [7, 11) is -3.84. The molecule has 0 radical (unpaired) electrons. The van der Waals surface area contributed by atoms with Crippen LogP contribution in [-0.4, -0.2) is 69.9 Å². The molecule has 0 spiro atoms. The van der Waals surface area contributed by atoms with Crippen LogP contribution < -0.4 is 5.32 Å². The van der Waals surface area contributed by atoms with Crippen LogP contribution in [0.5, 0.6) is 0 Å². The number of aromatic nitrogens is 5. The number of pyridine rings is 1. The second kappa shape index (κ2) is 12.7. The molecule has 272 valence electrons. The number of amides is 1. The molecule has 2 aliphatic carbocycles. The highest BCUT2D eigenvalue weighted by molar-refractivity contribution is 7.89. The molecule has 18 heteroatoms. The Morgan fingerprint density at radius 2 is 1.75 bits per heavy atom. The number of fused-ring (bicyclic) bond motifs is 4. The Labute approximate surface area is 292 Å². The maximum absolute atomic E-state index is 15.2. The Balaban J connectivity index is 1.17. The van der Waals surface area contributed by atoms with E-state index in [4.69, 9.17) is 9.72 Å². The molecule has 4 heterocycles. The molecular formula is C34H29F6N7O4S. The van der Waals surface area contributed by atoms with Crippen molar-refractivity contribution >= 4 is 27.0 Å². The lowest BCUT2D eigenvalue weighted by molar-refractivity contribution is -0.123. The zero-order chi connectivity index (χ0) is 36.5. The summed E-state index contributed by atoms with van der Waals surface area (Å²) in [6.45, 7) is 0.0627. The topological polar surface area (TPSA) is 135 Å². The summed E-state index contributed by atoms with van der Waals surface area (Å²) in [6.07, 6.45) is -1.91. The molecule has 2 fully saturated rings. The predicted molar refractivity (Wildman–Crippen MR) is 172 cm³/mol. The number of benzene rings is 2. The molecule has 3 atom stereocenters. The fourth-order valence-electron chi connectivity index (χ4n) is 7.27. The lowest BCUT2D eigenvalue weighted by Gasteiger charge is -2.26. The minimum absolute atomic E-state index is 0.0275. The monoisotopic (exact) mass is 745 g/mol. The second-order valence-electron chi connectivity index (χ2n) is 13.0. The Morgan fingerprint density at radius 3 is 2.44 bits per heavy atom. The van der Waals surface area contributed by atoms with Crippen LogP contribution in [0.15, 0.2) is 59.6 Å². The molecule has 2 N–H and O–H groups in total. The van der Waals surface area contributed by atoms with E-state index in [2.05, 4.69) is 20.6 Å². The van der Waals surface area contributed by atoms with E-state index in [9.17, 15) is 30.8 Å². The highest BCUT2D eigenvalue weighted by Gasteiger charge is 2.67. The first-order valence-corrected chi connectivity index (χ1v) is 17.8. The number of H-pyrrole nitrogens is 1. The normalized spacial score (nSPS) is 20.2. The number of alkyl halides is 4. The number of halogens is 6. The molecule has 0 unspecified atom stereocenters. The summed E-state index contributed by atoms with van der Waals surface area (Å²) in [6, 6.07) is 9.20. The van der Waals surface area contributed by atoms with Gasteiger partial charge in [0.15, 0.2) is 0 Å². The Kier molecular flexibility index (Phi) is 8.37. The van der Waals surface area contributed by atoms with E-state index < -0.39 is 75.7 Å². The van der Waals surface area contributed by atoms with Gasteiger partial charge in [-0.1, -0.05) is 12.1 Å². The van der Waals surface area contributed by atoms with Crippen molar-refractivity contribution in [3.63, 3.8) is 0 Å². The highest BCUT2D eigenvalue weighted by Crippen LogP contribution is 2.68. The molecule has 3 aromatic heterocycles. The van der Waals surface area contributed by atoms with E-state index in [1.54, 1.807) is 18.2 Å². The first-order valence-electron chi connectivity index (χ1n) is 16.3. The number of aromatic amines is 1. The third-order valence-corrected chi connectivity index (χ3v) is 11.6. The van der Waals surface area contributed by atoms with E-state index in [1.165, 1.54) is 22.6 Å². The average Bonchev–Trinajstić information content (AvgIpc) is 3.52. The number of ether oxygens (including phenoxy) is 1. The fraction of sp³-hybridized carbons (Fsp3) is 0.353. The van der Waals surface area contributed by atoms with E-state index in [0.717, 1.165) is 12.1 Å². The van der Waals surface area contributed by atoms with Crippen molar-refractivity contribution in [3.8, 4) is 11.1 Å². The number of carbonyl (C=O) groups is 1. The average molecular weight is 746 g/mol. The maximum Gasteiger partial charge on any atom is 0.293 e. The van der Waals surface area contributed by atoms with Crippen LogP contribution in [0.25, 0.3) is 22.2 Å². The van der Waals surface area contributed by atoms with Crippen LogP contribution in [0.4, 0.5) is 26.3 Å². The fourth-order valence-corrected chi connectivity index (χ4v) is 8.67. The van der Waals surface area contributed by atoms with E-state index in [-0.39, 0.29) is 60.9 Å². The predicted octanol–water partition coefficient (Wildman–Crippen LogP) is 5.37. The van der Waals surface area contributed by atoms with Gasteiger partial charge in [-0.3, -0.25) is 14.6 Å². The number of rotatable bonds is 10. The van der Waals surface area contributed by atoms with Crippen molar-refractivity contribution in [2.24, 2.45) is 5.92 Å². The number of sulfonamides is 1. The van der Waals surface area contributed by atoms with E-state index in [1.807, 2.05) is 0 Å². The Bertz CT molecular complexity index is 2290. The van der Waals surface area contributed by atoms with Crippen LogP contribution in [0, 0.1) is 17.6 Å². The van der Waals surface area contributed by atoms with Gasteiger partial charge in [0.05, 0.1) is 41.6 Å². The van der Waals surface area contributed by atoms with Gasteiger partial charge in [-0.25, -0.2) is 31.0 Å². The molecule has 52 heavy (non-hydrogen) atoms. The van der Waals surface area contributed by atoms with Gasteiger partial charge in [-0.2, -0.15) is 23.3 Å². The first-order chi connectivity index (χ1) is 24.8. The number of hydrogen-bond donors (Lipinski definition) is 2. The molecule has 11 nitrogen and oxygen atoms in total. The van der Waals surface area contributed by atoms with Crippen LogP contribution in [-0.2, 0) is 38.4 Å². The number of carbonyl (C=O) groups excluding carboxylic acids is 1. The van der Waals surface area contributed by atoms with Crippen molar-refractivity contribution in [3.05, 3.63) is 94.6 Å². The molecule has 3 aliphatic rings. The van der Waals surface area contributed by atoms with Crippen LogP contribution in [0.3, 0.4) is 0 Å². The zero-order valence-electron chi connectivity index (χ0n) is 27.0. The van der Waals surface area contributed by atoms with E-state index in [0.29, 0.717) is 32.9 Å². The van der Waals surface area contributed by atoms with Crippen LogP contribution in [0.2, 0.25) is 0 Å². The van der Waals surface area contributed by atoms with Crippen molar-refractivity contribution in [2.45, 2.75) is 48.6 Å². The molecule has 1 saturated heterocycles. The molecule has 1 aliphatic heterocycles. The molecule has 8 rings (SSSR count). The smallest absolute Gasteiger partial charge is 0.293 e. The third kappa shape index (κ3) is 6.01. The summed E-state index contributed by atoms with van der Waals surface area (Å²) < 4.78 is 121. The number of hydrogen-bond acceptors (Lipinski definition) is 7. The van der Waals surface area contributed by atoms with Gasteiger partial charge in [-0.15, -0.1) is 0 Å². The minimum atomic E-state index is -3.84. The Hall–Kier alpha value is -4.81. The van der Waals surface area contributed by atoms with Crippen LogP contribution in [0.1, 0.15) is 53.0 Å². The second-order valence-corrected chi connectivity index (χ2v) is 15.0. The van der Waals surface area contributed by atoms with Gasteiger partial charge >= 0.3 is 0 Å². The van der Waals surface area contributed by atoms with Gasteiger partial charge in [-0.05, 0) is 60.2 Å². The quantitative estimate of drug-likeness (QED) is 0.184. The summed E-state index contributed by atoms with van der Waals surface area (Å²) in [5, 5.41) is 13.3. The lowest BCUT2D eigenvalue weighted by atomic mass is 9.95. The number of nitrogens with one attached hydrogen (secondary N) is 2. The van der Waals surface area contributed by atoms with Gasteiger partial charge in [0, 0.05) is 36.2 Å². The molecular weight excluding hydrogens is 716 g/mol. The maximum atomic E-state index is 15.2. The molecule has 5 aromatic rings. The van der Waals surface area contributed by atoms with Crippen LogP contribution >= 0.6 is 0 Å². The van der Waals surface area contributed by atoms with Crippen molar-refractivity contribution in [2.75, 3.05) is 26.3 Å². The number of nitrogens with zero attached hydrogens (tertiary/aromatic N) is 5. The van der Waals surface area contributed by atoms with Crippen molar-refractivity contribution in [1.29, 1.82) is 0 Å². The molecule has 2 aromatic carbocycles. The molecule has 0 bridgehead atoms. The van der Waals surface area contributed by atoms with Crippen molar-refractivity contribution < 1.29 is 44.3 Å². The molecule has 1 saturated carbocycles. The number of morpholine rings is 1. The summed E-state index contributed by atoms with van der Waals surface area (Å²) >= 11 is 0. The highest BCUT2D eigenvalue weighted by atomic mass is 32.2. The summed E-state index contributed by atoms with van der Waals surface area (Å²) in [5.74, 6) is -8.03.